The molecule has 2 saturated carbocycles. The van der Waals surface area contributed by atoms with Crippen LogP contribution in [-0.2, 0) is 9.59 Å². The lowest BCUT2D eigenvalue weighted by molar-refractivity contribution is -0.160. The van der Waals surface area contributed by atoms with Gasteiger partial charge in [-0.15, -0.1) is 0 Å². The van der Waals surface area contributed by atoms with Gasteiger partial charge in [0.05, 0.1) is 0 Å². The molecule has 1 aliphatic heterocycles. The number of hydrogen-bond donors (Lipinski definition) is 1. The van der Waals surface area contributed by atoms with Crippen molar-refractivity contribution in [3.8, 4) is 0 Å². The number of piperazine rings is 1. The van der Waals surface area contributed by atoms with Gasteiger partial charge in [0.15, 0.2) is 0 Å². The quantitative estimate of drug-likeness (QED) is 0.792. The number of nitrogens with zero attached hydrogens (tertiary/aromatic N) is 1. The number of thioether (sulfide) groups is 1. The molecule has 1 N–H and O–H groups in total. The van der Waals surface area contributed by atoms with Crippen LogP contribution in [0.1, 0.15) is 51.9 Å². The molecule has 21 heavy (non-hydrogen) atoms. The predicted molar refractivity (Wildman–Crippen MR) is 85.2 cm³/mol. The first-order valence-corrected chi connectivity index (χ1v) is 9.55. The Bertz CT molecular complexity index is 417. The Balaban J connectivity index is 1.81. The van der Waals surface area contributed by atoms with Crippen molar-refractivity contribution < 1.29 is 9.59 Å². The van der Waals surface area contributed by atoms with Gasteiger partial charge in [-0.2, -0.15) is 11.8 Å². The van der Waals surface area contributed by atoms with E-state index in [9.17, 15) is 9.59 Å². The van der Waals surface area contributed by atoms with Crippen LogP contribution in [-0.4, -0.2) is 46.3 Å². The second-order valence-electron chi connectivity index (χ2n) is 6.57. The number of carbonyl (C=O) groups is 2. The monoisotopic (exact) mass is 310 g/mol. The Kier molecular flexibility index (Phi) is 4.48. The van der Waals surface area contributed by atoms with Gasteiger partial charge in [0, 0.05) is 12.3 Å². The van der Waals surface area contributed by atoms with Crippen molar-refractivity contribution in [2.45, 2.75) is 63.5 Å². The van der Waals surface area contributed by atoms with Crippen molar-refractivity contribution in [2.24, 2.45) is 5.92 Å². The molecule has 0 aromatic rings. The van der Waals surface area contributed by atoms with Crippen molar-refractivity contribution in [1.82, 2.24) is 10.2 Å². The number of hydrogen-bond acceptors (Lipinski definition) is 3. The maximum atomic E-state index is 12.9. The fourth-order valence-electron chi connectivity index (χ4n) is 3.85. The first-order valence-electron chi connectivity index (χ1n) is 8.39. The molecular formula is C16H26N2O2S. The number of nitrogens with one attached hydrogen (secondary N) is 1. The molecule has 1 unspecified atom stereocenters. The van der Waals surface area contributed by atoms with E-state index in [1.165, 1.54) is 6.42 Å². The minimum Gasteiger partial charge on any atom is -0.342 e. The summed E-state index contributed by atoms with van der Waals surface area (Å²) in [4.78, 5) is 27.7. The van der Waals surface area contributed by atoms with Crippen LogP contribution in [0.5, 0.6) is 0 Å². The zero-order chi connectivity index (χ0) is 14.9. The predicted octanol–water partition coefficient (Wildman–Crippen LogP) is 2.18. The highest BCUT2D eigenvalue weighted by Crippen LogP contribution is 2.41. The van der Waals surface area contributed by atoms with E-state index in [1.807, 2.05) is 16.7 Å². The second-order valence-corrected chi connectivity index (χ2v) is 7.96. The molecule has 2 aliphatic carbocycles. The van der Waals surface area contributed by atoms with E-state index in [0.29, 0.717) is 5.92 Å². The van der Waals surface area contributed by atoms with Gasteiger partial charge in [-0.3, -0.25) is 9.59 Å². The topological polar surface area (TPSA) is 49.4 Å². The Morgan fingerprint density at radius 1 is 1.24 bits per heavy atom. The van der Waals surface area contributed by atoms with E-state index in [1.54, 1.807) is 0 Å². The van der Waals surface area contributed by atoms with Crippen molar-refractivity contribution in [1.29, 1.82) is 0 Å². The van der Waals surface area contributed by atoms with Gasteiger partial charge in [-0.1, -0.05) is 26.2 Å². The first kappa shape index (κ1) is 15.2. The molecule has 3 aliphatic rings. The first-order chi connectivity index (χ1) is 10.2. The van der Waals surface area contributed by atoms with E-state index >= 15 is 0 Å². The van der Waals surface area contributed by atoms with Gasteiger partial charge in [0.25, 0.3) is 0 Å². The Morgan fingerprint density at radius 3 is 2.57 bits per heavy atom. The van der Waals surface area contributed by atoms with Crippen LogP contribution >= 0.6 is 11.8 Å². The second kappa shape index (κ2) is 6.19. The average molecular weight is 310 g/mol. The van der Waals surface area contributed by atoms with E-state index in [2.05, 4.69) is 12.2 Å². The largest absolute Gasteiger partial charge is 0.342 e. The van der Waals surface area contributed by atoms with Crippen molar-refractivity contribution in [3.05, 3.63) is 0 Å². The molecular weight excluding hydrogens is 284 g/mol. The molecule has 5 heteroatoms. The molecule has 1 heterocycles. The zero-order valence-electron chi connectivity index (χ0n) is 12.9. The Labute approximate surface area is 131 Å². The minimum atomic E-state index is -0.533. The van der Waals surface area contributed by atoms with Gasteiger partial charge in [0.1, 0.15) is 11.6 Å². The molecule has 1 spiro atoms. The molecule has 1 atom stereocenters. The summed E-state index contributed by atoms with van der Waals surface area (Å²) in [6.45, 7) is 2.87. The number of rotatable bonds is 5. The van der Waals surface area contributed by atoms with Crippen LogP contribution in [0.4, 0.5) is 0 Å². The summed E-state index contributed by atoms with van der Waals surface area (Å²) in [5.41, 5.74) is -0.533. The van der Waals surface area contributed by atoms with E-state index < -0.39 is 5.54 Å². The summed E-state index contributed by atoms with van der Waals surface area (Å²) in [6, 6.07) is -0.239. The summed E-state index contributed by atoms with van der Waals surface area (Å²) in [6.07, 6.45) is 7.17. The van der Waals surface area contributed by atoms with E-state index in [-0.39, 0.29) is 17.9 Å². The average Bonchev–Trinajstić information content (AvgIpc) is 3.32. The third-order valence-electron chi connectivity index (χ3n) is 5.20. The standard InChI is InChI=1S/C16H26N2O2S/c1-2-21-11-10-18-14(19)13(12-6-7-12)17-15(20)16(18)8-4-3-5-9-16/h12-13H,2-11H2,1H3,(H,17,20). The summed E-state index contributed by atoms with van der Waals surface area (Å²) < 4.78 is 0. The third kappa shape index (κ3) is 2.81. The number of amides is 2. The number of carbonyl (C=O) groups excluding carboxylic acids is 2. The molecule has 0 bridgehead atoms. The minimum absolute atomic E-state index is 0.125. The van der Waals surface area contributed by atoms with Gasteiger partial charge in [0.2, 0.25) is 11.8 Å². The zero-order valence-corrected chi connectivity index (χ0v) is 13.7. The Morgan fingerprint density at radius 2 is 1.95 bits per heavy atom. The molecule has 118 valence electrons. The lowest BCUT2D eigenvalue weighted by Gasteiger charge is -2.50. The molecule has 2 amide bonds. The maximum absolute atomic E-state index is 12.9. The highest BCUT2D eigenvalue weighted by molar-refractivity contribution is 7.99. The van der Waals surface area contributed by atoms with Gasteiger partial charge in [-0.25, -0.2) is 0 Å². The molecule has 1 saturated heterocycles. The molecule has 0 aromatic heterocycles. The van der Waals surface area contributed by atoms with Crippen LogP contribution in [0.3, 0.4) is 0 Å². The fraction of sp³-hybridized carbons (Fsp3) is 0.875. The maximum Gasteiger partial charge on any atom is 0.246 e. The highest BCUT2D eigenvalue weighted by atomic mass is 32.2. The van der Waals surface area contributed by atoms with Crippen molar-refractivity contribution in [2.75, 3.05) is 18.1 Å². The lowest BCUT2D eigenvalue weighted by atomic mass is 9.77. The van der Waals surface area contributed by atoms with Crippen molar-refractivity contribution in [3.63, 3.8) is 0 Å². The summed E-state index contributed by atoms with van der Waals surface area (Å²) in [7, 11) is 0. The van der Waals surface area contributed by atoms with Gasteiger partial charge in [-0.05, 0) is 37.4 Å². The van der Waals surface area contributed by atoms with E-state index in [4.69, 9.17) is 0 Å². The summed E-state index contributed by atoms with van der Waals surface area (Å²) in [5.74, 6) is 2.71. The van der Waals surface area contributed by atoms with Gasteiger partial charge >= 0.3 is 0 Å². The molecule has 4 nitrogen and oxygen atoms in total. The fourth-order valence-corrected chi connectivity index (χ4v) is 4.45. The SMILES string of the molecule is CCSCCN1C(=O)C(C2CC2)NC(=O)C12CCCCC2. The highest BCUT2D eigenvalue weighted by Gasteiger charge is 2.55. The van der Waals surface area contributed by atoms with Gasteiger partial charge < -0.3 is 10.2 Å². The van der Waals surface area contributed by atoms with Crippen LogP contribution in [0.15, 0.2) is 0 Å². The normalized spacial score (nSPS) is 28.8. The van der Waals surface area contributed by atoms with Crippen LogP contribution in [0.25, 0.3) is 0 Å². The molecule has 0 radical (unpaired) electrons. The van der Waals surface area contributed by atoms with Crippen LogP contribution in [0, 0.1) is 5.92 Å². The van der Waals surface area contributed by atoms with Crippen LogP contribution < -0.4 is 5.32 Å². The lowest BCUT2D eigenvalue weighted by Crippen LogP contribution is -2.71. The summed E-state index contributed by atoms with van der Waals surface area (Å²) >= 11 is 1.85. The third-order valence-corrected chi connectivity index (χ3v) is 6.07. The molecule has 3 rings (SSSR count). The van der Waals surface area contributed by atoms with E-state index in [0.717, 1.165) is 56.6 Å². The Hall–Kier alpha value is -0.710. The summed E-state index contributed by atoms with van der Waals surface area (Å²) in [5, 5.41) is 3.07. The smallest absolute Gasteiger partial charge is 0.246 e. The molecule has 0 aromatic carbocycles. The van der Waals surface area contributed by atoms with Crippen LogP contribution in [0.2, 0.25) is 0 Å². The van der Waals surface area contributed by atoms with Crippen molar-refractivity contribution >= 4 is 23.6 Å². The molecule has 3 fully saturated rings.